The molecular formula is C16H13BrClNO3. The van der Waals surface area contributed by atoms with Gasteiger partial charge in [0.2, 0.25) is 6.79 Å². The molecule has 0 saturated heterocycles. The van der Waals surface area contributed by atoms with E-state index in [0.717, 1.165) is 10.0 Å². The molecule has 0 unspecified atom stereocenters. The average molecular weight is 383 g/mol. The molecule has 0 saturated carbocycles. The first-order valence-electron chi connectivity index (χ1n) is 6.70. The number of fused-ring (bicyclic) bond motifs is 1. The Bertz CT molecular complexity index is 718. The van der Waals surface area contributed by atoms with Crippen LogP contribution in [-0.4, -0.2) is 12.7 Å². The summed E-state index contributed by atoms with van der Waals surface area (Å²) in [7, 11) is 0. The van der Waals surface area contributed by atoms with Crippen LogP contribution in [0.5, 0.6) is 11.5 Å². The highest BCUT2D eigenvalue weighted by Crippen LogP contribution is 2.39. The van der Waals surface area contributed by atoms with Gasteiger partial charge >= 0.3 is 0 Å². The normalized spacial score (nSPS) is 13.8. The largest absolute Gasteiger partial charge is 0.454 e. The molecule has 0 fully saturated rings. The van der Waals surface area contributed by atoms with E-state index in [4.69, 9.17) is 21.1 Å². The fourth-order valence-corrected chi connectivity index (χ4v) is 2.74. The predicted molar refractivity (Wildman–Crippen MR) is 87.6 cm³/mol. The van der Waals surface area contributed by atoms with Gasteiger partial charge in [0.25, 0.3) is 5.91 Å². The summed E-state index contributed by atoms with van der Waals surface area (Å²) in [4.78, 5) is 12.4. The number of ether oxygens (including phenoxy) is 2. The first kappa shape index (κ1) is 15.2. The molecule has 0 aliphatic carbocycles. The monoisotopic (exact) mass is 381 g/mol. The molecule has 114 valence electrons. The van der Waals surface area contributed by atoms with Crippen molar-refractivity contribution in [1.29, 1.82) is 0 Å². The quantitative estimate of drug-likeness (QED) is 0.860. The number of amides is 1. The average Bonchev–Trinajstić information content (AvgIpc) is 2.96. The summed E-state index contributed by atoms with van der Waals surface area (Å²) in [6.45, 7) is 2.05. The molecule has 1 atom stereocenters. The smallest absolute Gasteiger partial charge is 0.251 e. The number of hydrogen-bond acceptors (Lipinski definition) is 3. The molecule has 0 radical (unpaired) electrons. The summed E-state index contributed by atoms with van der Waals surface area (Å²) < 4.78 is 11.5. The second-order valence-electron chi connectivity index (χ2n) is 4.94. The summed E-state index contributed by atoms with van der Waals surface area (Å²) in [6.07, 6.45) is 0. The number of hydrogen-bond donors (Lipinski definition) is 1. The van der Waals surface area contributed by atoms with Crippen LogP contribution in [0.3, 0.4) is 0 Å². The minimum Gasteiger partial charge on any atom is -0.454 e. The molecule has 2 aromatic rings. The highest BCUT2D eigenvalue weighted by atomic mass is 79.9. The first-order chi connectivity index (χ1) is 10.5. The van der Waals surface area contributed by atoms with Crippen molar-refractivity contribution < 1.29 is 14.3 Å². The number of rotatable bonds is 3. The third-order valence-electron chi connectivity index (χ3n) is 3.41. The minimum atomic E-state index is -0.212. The van der Waals surface area contributed by atoms with E-state index in [2.05, 4.69) is 21.2 Å². The van der Waals surface area contributed by atoms with E-state index in [1.54, 1.807) is 12.1 Å². The summed E-state index contributed by atoms with van der Waals surface area (Å²) in [5.74, 6) is 0.767. The Hall–Kier alpha value is -1.72. The Balaban J connectivity index is 1.77. The van der Waals surface area contributed by atoms with E-state index < -0.39 is 0 Å². The van der Waals surface area contributed by atoms with Gasteiger partial charge in [-0.05, 0) is 36.8 Å². The maximum absolute atomic E-state index is 12.4. The lowest BCUT2D eigenvalue weighted by molar-refractivity contribution is 0.0939. The number of carbonyl (C=O) groups excluding carboxylic acids is 1. The topological polar surface area (TPSA) is 47.6 Å². The van der Waals surface area contributed by atoms with Crippen molar-refractivity contribution >= 4 is 33.4 Å². The third-order valence-corrected chi connectivity index (χ3v) is 4.22. The van der Waals surface area contributed by atoms with Gasteiger partial charge in [0.05, 0.1) is 11.1 Å². The summed E-state index contributed by atoms with van der Waals surface area (Å²) in [5.41, 5.74) is 1.46. The summed E-state index contributed by atoms with van der Waals surface area (Å²) in [5, 5.41) is 3.31. The van der Waals surface area contributed by atoms with Crippen LogP contribution in [0, 0.1) is 0 Å². The third kappa shape index (κ3) is 3.05. The molecular weight excluding hydrogens is 370 g/mol. The van der Waals surface area contributed by atoms with Crippen molar-refractivity contribution in [2.24, 2.45) is 0 Å². The van der Waals surface area contributed by atoms with E-state index in [1.807, 2.05) is 31.2 Å². The predicted octanol–water partition coefficient (Wildman–Crippen LogP) is 4.32. The maximum Gasteiger partial charge on any atom is 0.251 e. The van der Waals surface area contributed by atoms with Crippen LogP contribution in [0.2, 0.25) is 5.02 Å². The Labute approximate surface area is 141 Å². The minimum absolute atomic E-state index is 0.120. The maximum atomic E-state index is 12.4. The molecule has 0 aromatic heterocycles. The molecule has 3 rings (SSSR count). The van der Waals surface area contributed by atoms with Crippen LogP contribution >= 0.6 is 27.5 Å². The van der Waals surface area contributed by atoms with E-state index >= 15 is 0 Å². The second kappa shape index (κ2) is 6.18. The molecule has 22 heavy (non-hydrogen) atoms. The molecule has 1 amide bonds. The molecule has 4 nitrogen and oxygen atoms in total. The standard InChI is InChI=1S/C16H13BrClNO3/c1-9(10-2-4-12(17)5-3-10)19-16(20)11-6-13(18)15-14(7-11)21-8-22-15/h2-7,9H,8H2,1H3,(H,19,20)/t9-/m0/s1. The molecule has 6 heteroatoms. The lowest BCUT2D eigenvalue weighted by Gasteiger charge is -2.15. The lowest BCUT2D eigenvalue weighted by Crippen LogP contribution is -2.26. The number of benzene rings is 2. The van der Waals surface area contributed by atoms with E-state index in [1.165, 1.54) is 0 Å². The lowest BCUT2D eigenvalue weighted by atomic mass is 10.1. The van der Waals surface area contributed by atoms with E-state index in [9.17, 15) is 4.79 Å². The zero-order valence-electron chi connectivity index (χ0n) is 11.7. The van der Waals surface area contributed by atoms with Crippen LogP contribution < -0.4 is 14.8 Å². The van der Waals surface area contributed by atoms with Gasteiger partial charge in [0, 0.05) is 10.0 Å². The van der Waals surface area contributed by atoms with Gasteiger partial charge in [-0.1, -0.05) is 39.7 Å². The van der Waals surface area contributed by atoms with Gasteiger partial charge in [0.15, 0.2) is 11.5 Å². The molecule has 1 heterocycles. The Morgan fingerprint density at radius 3 is 2.73 bits per heavy atom. The Morgan fingerprint density at radius 1 is 1.27 bits per heavy atom. The van der Waals surface area contributed by atoms with Crippen molar-refractivity contribution in [2.75, 3.05) is 6.79 Å². The van der Waals surface area contributed by atoms with Crippen LogP contribution in [0.25, 0.3) is 0 Å². The zero-order valence-corrected chi connectivity index (χ0v) is 14.1. The molecule has 1 N–H and O–H groups in total. The van der Waals surface area contributed by atoms with Gasteiger partial charge in [-0.25, -0.2) is 0 Å². The number of nitrogens with one attached hydrogen (secondary N) is 1. The van der Waals surface area contributed by atoms with Crippen molar-refractivity contribution in [3.63, 3.8) is 0 Å². The van der Waals surface area contributed by atoms with Crippen LogP contribution in [0.15, 0.2) is 40.9 Å². The van der Waals surface area contributed by atoms with Gasteiger partial charge < -0.3 is 14.8 Å². The molecule has 1 aliphatic heterocycles. The van der Waals surface area contributed by atoms with Crippen molar-refractivity contribution in [3.05, 3.63) is 57.0 Å². The highest BCUT2D eigenvalue weighted by Gasteiger charge is 2.21. The SMILES string of the molecule is C[C@H](NC(=O)c1cc(Cl)c2c(c1)OCO2)c1ccc(Br)cc1. The second-order valence-corrected chi connectivity index (χ2v) is 6.26. The Kier molecular flexibility index (Phi) is 4.27. The zero-order chi connectivity index (χ0) is 15.7. The first-order valence-corrected chi connectivity index (χ1v) is 7.87. The van der Waals surface area contributed by atoms with Crippen molar-refractivity contribution in [2.45, 2.75) is 13.0 Å². The molecule has 0 spiro atoms. The Morgan fingerprint density at radius 2 is 2.00 bits per heavy atom. The summed E-state index contributed by atoms with van der Waals surface area (Å²) in [6, 6.07) is 10.9. The van der Waals surface area contributed by atoms with Gasteiger partial charge in [-0.3, -0.25) is 4.79 Å². The molecule has 2 aromatic carbocycles. The van der Waals surface area contributed by atoms with Gasteiger partial charge in [0.1, 0.15) is 0 Å². The van der Waals surface area contributed by atoms with Crippen LogP contribution in [-0.2, 0) is 0 Å². The number of halogens is 2. The fraction of sp³-hybridized carbons (Fsp3) is 0.188. The van der Waals surface area contributed by atoms with Crippen molar-refractivity contribution in [3.8, 4) is 11.5 Å². The number of carbonyl (C=O) groups is 1. The van der Waals surface area contributed by atoms with Gasteiger partial charge in [-0.2, -0.15) is 0 Å². The van der Waals surface area contributed by atoms with Gasteiger partial charge in [-0.15, -0.1) is 0 Å². The van der Waals surface area contributed by atoms with Crippen LogP contribution in [0.4, 0.5) is 0 Å². The van der Waals surface area contributed by atoms with Crippen LogP contribution in [0.1, 0.15) is 28.9 Å². The molecule has 1 aliphatic rings. The molecule has 0 bridgehead atoms. The fourth-order valence-electron chi connectivity index (χ4n) is 2.21. The van der Waals surface area contributed by atoms with Crippen molar-refractivity contribution in [1.82, 2.24) is 5.32 Å². The van der Waals surface area contributed by atoms with E-state index in [-0.39, 0.29) is 18.7 Å². The highest BCUT2D eigenvalue weighted by molar-refractivity contribution is 9.10. The van der Waals surface area contributed by atoms with E-state index in [0.29, 0.717) is 22.1 Å². The summed E-state index contributed by atoms with van der Waals surface area (Å²) >= 11 is 9.49.